The van der Waals surface area contributed by atoms with E-state index < -0.39 is 17.8 Å². The van der Waals surface area contributed by atoms with Crippen molar-refractivity contribution in [1.82, 2.24) is 4.90 Å². The van der Waals surface area contributed by atoms with Crippen LogP contribution in [0.15, 0.2) is 72.8 Å². The molecule has 1 heterocycles. The Morgan fingerprint density at radius 2 is 1.58 bits per heavy atom. The highest BCUT2D eigenvalue weighted by molar-refractivity contribution is 7.80. The van der Waals surface area contributed by atoms with Crippen molar-refractivity contribution in [2.24, 2.45) is 0 Å². The van der Waals surface area contributed by atoms with Crippen LogP contribution in [-0.2, 0) is 16.1 Å². The lowest BCUT2D eigenvalue weighted by Gasteiger charge is -2.24. The lowest BCUT2D eigenvalue weighted by atomic mass is 10.1. The molecular formula is C27H25F2N3O3S. The molecule has 1 aliphatic heterocycles. The number of hydrogen-bond acceptors (Lipinski definition) is 4. The van der Waals surface area contributed by atoms with E-state index in [2.05, 4.69) is 5.32 Å². The third-order valence-electron chi connectivity index (χ3n) is 5.66. The Morgan fingerprint density at radius 3 is 2.19 bits per heavy atom. The third kappa shape index (κ3) is 5.85. The molecule has 3 aromatic rings. The van der Waals surface area contributed by atoms with E-state index in [0.29, 0.717) is 23.7 Å². The van der Waals surface area contributed by atoms with E-state index in [1.807, 2.05) is 6.92 Å². The van der Waals surface area contributed by atoms with E-state index in [1.165, 1.54) is 41.3 Å². The fourth-order valence-corrected chi connectivity index (χ4v) is 4.26. The van der Waals surface area contributed by atoms with Gasteiger partial charge in [0.2, 0.25) is 5.91 Å². The first-order valence-corrected chi connectivity index (χ1v) is 11.9. The highest BCUT2D eigenvalue weighted by atomic mass is 32.1. The van der Waals surface area contributed by atoms with Gasteiger partial charge in [-0.3, -0.25) is 14.5 Å². The molecule has 0 radical (unpaired) electrons. The van der Waals surface area contributed by atoms with Crippen molar-refractivity contribution in [3.63, 3.8) is 0 Å². The summed E-state index contributed by atoms with van der Waals surface area (Å²) in [6, 6.07) is 17.3. The van der Waals surface area contributed by atoms with Crippen LogP contribution in [0.1, 0.15) is 25.3 Å². The number of benzene rings is 3. The average Bonchev–Trinajstić information content (AvgIpc) is 3.09. The molecule has 9 heteroatoms. The number of halogens is 2. The third-order valence-corrected chi connectivity index (χ3v) is 6.08. The van der Waals surface area contributed by atoms with E-state index in [-0.39, 0.29) is 29.8 Å². The highest BCUT2D eigenvalue weighted by Gasteiger charge is 2.44. The van der Waals surface area contributed by atoms with Gasteiger partial charge in [-0.1, -0.05) is 19.1 Å². The molecule has 0 spiro atoms. The minimum atomic E-state index is -0.889. The molecule has 0 aromatic heterocycles. The quantitative estimate of drug-likeness (QED) is 0.398. The van der Waals surface area contributed by atoms with Crippen LogP contribution in [-0.4, -0.2) is 34.5 Å². The van der Waals surface area contributed by atoms with Gasteiger partial charge in [-0.15, -0.1) is 0 Å². The van der Waals surface area contributed by atoms with Crippen molar-refractivity contribution in [1.29, 1.82) is 0 Å². The number of amides is 2. The first-order valence-electron chi connectivity index (χ1n) is 11.5. The van der Waals surface area contributed by atoms with Crippen molar-refractivity contribution < 1.29 is 23.1 Å². The molecule has 4 rings (SSSR count). The van der Waals surface area contributed by atoms with Gasteiger partial charge in [0, 0.05) is 12.2 Å². The molecule has 186 valence electrons. The Labute approximate surface area is 213 Å². The monoisotopic (exact) mass is 509 g/mol. The molecule has 3 aromatic carbocycles. The minimum Gasteiger partial charge on any atom is -0.494 e. The van der Waals surface area contributed by atoms with Gasteiger partial charge in [-0.25, -0.2) is 8.78 Å². The predicted octanol–water partition coefficient (Wildman–Crippen LogP) is 5.28. The van der Waals surface area contributed by atoms with Gasteiger partial charge < -0.3 is 15.0 Å². The van der Waals surface area contributed by atoms with Crippen LogP contribution in [0.25, 0.3) is 0 Å². The zero-order valence-corrected chi connectivity index (χ0v) is 20.4. The van der Waals surface area contributed by atoms with Crippen molar-refractivity contribution >= 4 is 40.5 Å². The summed E-state index contributed by atoms with van der Waals surface area (Å²) in [4.78, 5) is 29.3. The van der Waals surface area contributed by atoms with Gasteiger partial charge in [0.1, 0.15) is 23.4 Å². The number of rotatable bonds is 9. The molecule has 6 nitrogen and oxygen atoms in total. The van der Waals surface area contributed by atoms with Gasteiger partial charge in [0.05, 0.1) is 18.7 Å². The summed E-state index contributed by atoms with van der Waals surface area (Å²) in [5, 5.41) is 2.99. The molecule has 0 bridgehead atoms. The van der Waals surface area contributed by atoms with E-state index in [4.69, 9.17) is 17.0 Å². The average molecular weight is 510 g/mol. The van der Waals surface area contributed by atoms with Crippen molar-refractivity contribution in [2.75, 3.05) is 16.8 Å². The van der Waals surface area contributed by atoms with Crippen LogP contribution in [0.4, 0.5) is 20.2 Å². The fraction of sp³-hybridized carbons (Fsp3) is 0.222. The van der Waals surface area contributed by atoms with E-state index >= 15 is 0 Å². The molecule has 1 aliphatic rings. The second-order valence-electron chi connectivity index (χ2n) is 8.33. The SMILES string of the molecule is CCCOc1ccc(NC(=O)C[C@H]2C(=O)N(c3ccc(F)cc3)C(=S)N2Cc2ccc(F)cc2)cc1. The zero-order chi connectivity index (χ0) is 25.7. The van der Waals surface area contributed by atoms with Crippen LogP contribution >= 0.6 is 12.2 Å². The first kappa shape index (κ1) is 25.2. The van der Waals surface area contributed by atoms with Gasteiger partial charge in [-0.2, -0.15) is 0 Å². The smallest absolute Gasteiger partial charge is 0.256 e. The summed E-state index contributed by atoms with van der Waals surface area (Å²) in [6.45, 7) is 2.81. The molecule has 1 atom stereocenters. The van der Waals surface area contributed by atoms with Crippen LogP contribution < -0.4 is 15.0 Å². The summed E-state index contributed by atoms with van der Waals surface area (Å²) in [7, 11) is 0. The topological polar surface area (TPSA) is 61.9 Å². The number of nitrogens with zero attached hydrogens (tertiary/aromatic N) is 2. The Kier molecular flexibility index (Phi) is 7.90. The second kappa shape index (κ2) is 11.3. The van der Waals surface area contributed by atoms with Crippen LogP contribution in [0.2, 0.25) is 0 Å². The summed E-state index contributed by atoms with van der Waals surface area (Å²) < 4.78 is 32.4. The van der Waals surface area contributed by atoms with Crippen molar-refractivity contribution in [3.8, 4) is 5.75 Å². The Morgan fingerprint density at radius 1 is 0.972 bits per heavy atom. The highest BCUT2D eigenvalue weighted by Crippen LogP contribution is 2.29. The molecular weight excluding hydrogens is 484 g/mol. The van der Waals surface area contributed by atoms with Crippen LogP contribution in [0.3, 0.4) is 0 Å². The first-order chi connectivity index (χ1) is 17.4. The maximum absolute atomic E-state index is 13.5. The van der Waals surface area contributed by atoms with Crippen molar-refractivity contribution in [2.45, 2.75) is 32.4 Å². The molecule has 2 amide bonds. The number of ether oxygens (including phenoxy) is 1. The largest absolute Gasteiger partial charge is 0.494 e. The van der Waals surface area contributed by atoms with Gasteiger partial charge >= 0.3 is 0 Å². The number of carbonyl (C=O) groups excluding carboxylic acids is 2. The predicted molar refractivity (Wildman–Crippen MR) is 138 cm³/mol. The number of carbonyl (C=O) groups is 2. The molecule has 0 aliphatic carbocycles. The van der Waals surface area contributed by atoms with Gasteiger partial charge in [0.25, 0.3) is 5.91 Å². The summed E-state index contributed by atoms with van der Waals surface area (Å²) in [5.74, 6) is -0.891. The van der Waals surface area contributed by atoms with E-state index in [1.54, 1.807) is 41.3 Å². The molecule has 0 saturated carbocycles. The fourth-order valence-electron chi connectivity index (χ4n) is 3.87. The Bertz CT molecular complexity index is 1230. The number of hydrogen-bond donors (Lipinski definition) is 1. The Balaban J connectivity index is 1.53. The standard InChI is InChI=1S/C27H25F2N3O3S/c1-2-15-35-23-13-9-21(10-14-23)30-25(33)16-24-26(34)32(22-11-7-20(29)8-12-22)27(36)31(24)17-18-3-5-19(28)6-4-18/h3-14,24H,2,15-17H2,1H3,(H,30,33)/t24-/m0/s1. The van der Waals surface area contributed by atoms with E-state index in [9.17, 15) is 18.4 Å². The maximum atomic E-state index is 13.5. The van der Waals surface area contributed by atoms with E-state index in [0.717, 1.165) is 12.0 Å². The van der Waals surface area contributed by atoms with Gasteiger partial charge in [0.15, 0.2) is 5.11 Å². The number of nitrogens with one attached hydrogen (secondary N) is 1. The summed E-state index contributed by atoms with van der Waals surface area (Å²) >= 11 is 5.61. The lowest BCUT2D eigenvalue weighted by molar-refractivity contribution is -0.124. The molecule has 1 fully saturated rings. The molecule has 0 unspecified atom stereocenters. The molecule has 1 saturated heterocycles. The zero-order valence-electron chi connectivity index (χ0n) is 19.6. The minimum absolute atomic E-state index is 0.161. The molecule has 36 heavy (non-hydrogen) atoms. The summed E-state index contributed by atoms with van der Waals surface area (Å²) in [6.07, 6.45) is 0.727. The van der Waals surface area contributed by atoms with Crippen molar-refractivity contribution in [3.05, 3.63) is 90.0 Å². The number of thiocarbonyl (C=S) groups is 1. The normalized spacial score (nSPS) is 15.4. The summed E-state index contributed by atoms with van der Waals surface area (Å²) in [5.41, 5.74) is 1.69. The van der Waals surface area contributed by atoms with Crippen LogP contribution in [0, 0.1) is 11.6 Å². The second-order valence-corrected chi connectivity index (χ2v) is 8.69. The lowest BCUT2D eigenvalue weighted by Crippen LogP contribution is -2.37. The van der Waals surface area contributed by atoms with Gasteiger partial charge in [-0.05, 0) is 84.9 Å². The molecule has 1 N–H and O–H groups in total. The van der Waals surface area contributed by atoms with Crippen LogP contribution in [0.5, 0.6) is 5.75 Å². The maximum Gasteiger partial charge on any atom is 0.256 e. The number of anilines is 2. The Hall–Kier alpha value is -3.85.